The molecule has 2 atom stereocenters. The van der Waals surface area contributed by atoms with Crippen molar-refractivity contribution in [2.24, 2.45) is 0 Å². The fourth-order valence-corrected chi connectivity index (χ4v) is 3.45. The van der Waals surface area contributed by atoms with E-state index in [1.807, 2.05) is 18.6 Å². The minimum atomic E-state index is 0.317. The van der Waals surface area contributed by atoms with Crippen molar-refractivity contribution < 1.29 is 4.79 Å². The molecule has 2 aromatic heterocycles. The van der Waals surface area contributed by atoms with Crippen LogP contribution in [0.25, 0.3) is 5.52 Å². The van der Waals surface area contributed by atoms with Gasteiger partial charge in [-0.15, -0.1) is 0 Å². The number of hydrogen-bond acceptors (Lipinski definition) is 3. The van der Waals surface area contributed by atoms with Crippen LogP contribution in [-0.4, -0.2) is 37.8 Å². The number of aromatic nitrogens is 3. The molecule has 2 aromatic rings. The first-order valence-corrected chi connectivity index (χ1v) is 6.89. The second kappa shape index (κ2) is 4.05. The Labute approximate surface area is 111 Å². The summed E-state index contributed by atoms with van der Waals surface area (Å²) < 4.78 is 2.10. The Balaban J connectivity index is 1.68. The number of carbonyl (C=O) groups is 1. The first-order valence-electron chi connectivity index (χ1n) is 6.89. The Morgan fingerprint density at radius 1 is 1.21 bits per heavy atom. The van der Waals surface area contributed by atoms with Crippen LogP contribution in [0.2, 0.25) is 0 Å². The maximum Gasteiger partial charge on any atom is 0.222 e. The Hall–Kier alpha value is -1.91. The predicted molar refractivity (Wildman–Crippen MR) is 69.7 cm³/mol. The zero-order valence-electron chi connectivity index (χ0n) is 10.7. The van der Waals surface area contributed by atoms with E-state index in [-0.39, 0.29) is 0 Å². The third-order valence-corrected chi connectivity index (χ3v) is 4.45. The molecule has 5 heteroatoms. The first kappa shape index (κ1) is 11.0. The lowest BCUT2D eigenvalue weighted by atomic mass is 9.93. The molecule has 2 fully saturated rings. The van der Waals surface area contributed by atoms with Gasteiger partial charge < -0.3 is 9.30 Å². The molecular formula is C14H16N4O. The SMILES string of the molecule is O=C1CCC2CCC(c3ncc4cnccn34)CN12. The summed E-state index contributed by atoms with van der Waals surface area (Å²) in [6.07, 6.45) is 11.4. The van der Waals surface area contributed by atoms with Gasteiger partial charge in [0.05, 0.1) is 17.9 Å². The van der Waals surface area contributed by atoms with Gasteiger partial charge in [0.25, 0.3) is 0 Å². The number of amides is 1. The highest BCUT2D eigenvalue weighted by atomic mass is 16.2. The number of piperidine rings is 1. The molecule has 0 aliphatic carbocycles. The van der Waals surface area contributed by atoms with Crippen LogP contribution in [0.5, 0.6) is 0 Å². The van der Waals surface area contributed by atoms with Crippen LogP contribution >= 0.6 is 0 Å². The van der Waals surface area contributed by atoms with E-state index < -0.39 is 0 Å². The average molecular weight is 256 g/mol. The van der Waals surface area contributed by atoms with Gasteiger partial charge in [0.15, 0.2) is 0 Å². The van der Waals surface area contributed by atoms with Crippen molar-refractivity contribution in [2.75, 3.05) is 6.54 Å². The Kier molecular flexibility index (Phi) is 2.33. The van der Waals surface area contributed by atoms with E-state index in [1.54, 1.807) is 6.20 Å². The van der Waals surface area contributed by atoms with E-state index in [1.165, 1.54) is 0 Å². The molecule has 19 heavy (non-hydrogen) atoms. The van der Waals surface area contributed by atoms with Gasteiger partial charge in [0, 0.05) is 37.3 Å². The molecule has 0 saturated carbocycles. The first-order chi connectivity index (χ1) is 9.33. The molecule has 5 nitrogen and oxygen atoms in total. The highest BCUT2D eigenvalue weighted by Crippen LogP contribution is 2.34. The molecule has 0 N–H and O–H groups in total. The molecule has 2 aliphatic rings. The zero-order chi connectivity index (χ0) is 12.8. The van der Waals surface area contributed by atoms with E-state index in [2.05, 4.69) is 19.3 Å². The van der Waals surface area contributed by atoms with Crippen molar-refractivity contribution in [3.8, 4) is 0 Å². The Morgan fingerprint density at radius 2 is 2.16 bits per heavy atom. The van der Waals surface area contributed by atoms with Gasteiger partial charge in [-0.05, 0) is 19.3 Å². The van der Waals surface area contributed by atoms with E-state index in [0.29, 0.717) is 17.9 Å². The molecule has 0 radical (unpaired) electrons. The normalized spacial score (nSPS) is 26.9. The van der Waals surface area contributed by atoms with Crippen LogP contribution in [0.4, 0.5) is 0 Å². The molecule has 0 aromatic carbocycles. The summed E-state index contributed by atoms with van der Waals surface area (Å²) in [6, 6.07) is 0.483. The monoisotopic (exact) mass is 256 g/mol. The summed E-state index contributed by atoms with van der Waals surface area (Å²) in [5.74, 6) is 1.73. The number of fused-ring (bicyclic) bond motifs is 2. The molecule has 2 unspecified atom stereocenters. The summed E-state index contributed by atoms with van der Waals surface area (Å²) in [5.41, 5.74) is 1.02. The lowest BCUT2D eigenvalue weighted by Crippen LogP contribution is -2.41. The van der Waals surface area contributed by atoms with Gasteiger partial charge in [0.2, 0.25) is 5.91 Å². The molecule has 2 aliphatic heterocycles. The Morgan fingerprint density at radius 3 is 3.11 bits per heavy atom. The van der Waals surface area contributed by atoms with E-state index in [0.717, 1.165) is 43.6 Å². The molecular weight excluding hydrogens is 240 g/mol. The number of nitrogens with zero attached hydrogens (tertiary/aromatic N) is 4. The third kappa shape index (κ3) is 1.64. The number of carbonyl (C=O) groups excluding carboxylic acids is 1. The molecule has 98 valence electrons. The molecule has 4 heterocycles. The number of hydrogen-bond donors (Lipinski definition) is 0. The van der Waals surface area contributed by atoms with Crippen LogP contribution in [-0.2, 0) is 4.79 Å². The van der Waals surface area contributed by atoms with Gasteiger partial charge in [-0.3, -0.25) is 9.78 Å². The van der Waals surface area contributed by atoms with Crippen molar-refractivity contribution in [3.05, 3.63) is 30.6 Å². The lowest BCUT2D eigenvalue weighted by Gasteiger charge is -2.34. The van der Waals surface area contributed by atoms with Crippen molar-refractivity contribution in [1.29, 1.82) is 0 Å². The quantitative estimate of drug-likeness (QED) is 0.778. The van der Waals surface area contributed by atoms with Gasteiger partial charge in [-0.25, -0.2) is 4.98 Å². The van der Waals surface area contributed by atoms with Gasteiger partial charge in [-0.2, -0.15) is 0 Å². The largest absolute Gasteiger partial charge is 0.339 e. The zero-order valence-corrected chi connectivity index (χ0v) is 10.7. The summed E-state index contributed by atoms with van der Waals surface area (Å²) in [4.78, 5) is 22.6. The highest BCUT2D eigenvalue weighted by molar-refractivity contribution is 5.79. The molecule has 2 saturated heterocycles. The highest BCUT2D eigenvalue weighted by Gasteiger charge is 2.37. The maximum atomic E-state index is 11.9. The number of imidazole rings is 1. The standard InChI is InChI=1S/C14H16N4O/c19-13-4-3-11-2-1-10(9-18(11)13)14-16-8-12-7-15-5-6-17(12)14/h5-8,10-11H,1-4,9H2. The van der Waals surface area contributed by atoms with E-state index in [9.17, 15) is 4.79 Å². The second-order valence-corrected chi connectivity index (χ2v) is 5.50. The van der Waals surface area contributed by atoms with Gasteiger partial charge in [-0.1, -0.05) is 0 Å². The predicted octanol–water partition coefficient (Wildman–Crippen LogP) is 1.60. The fraction of sp³-hybridized carbons (Fsp3) is 0.500. The number of rotatable bonds is 1. The molecule has 0 spiro atoms. The van der Waals surface area contributed by atoms with Crippen molar-refractivity contribution in [1.82, 2.24) is 19.3 Å². The van der Waals surface area contributed by atoms with Crippen LogP contribution < -0.4 is 0 Å². The van der Waals surface area contributed by atoms with E-state index >= 15 is 0 Å². The minimum absolute atomic E-state index is 0.317. The minimum Gasteiger partial charge on any atom is -0.339 e. The second-order valence-electron chi connectivity index (χ2n) is 5.50. The van der Waals surface area contributed by atoms with Crippen LogP contribution in [0.3, 0.4) is 0 Å². The summed E-state index contributed by atoms with van der Waals surface area (Å²) in [5, 5.41) is 0. The van der Waals surface area contributed by atoms with Crippen molar-refractivity contribution >= 4 is 11.4 Å². The van der Waals surface area contributed by atoms with Crippen LogP contribution in [0, 0.1) is 0 Å². The summed E-state index contributed by atoms with van der Waals surface area (Å²) >= 11 is 0. The fourth-order valence-electron chi connectivity index (χ4n) is 3.45. The van der Waals surface area contributed by atoms with Crippen LogP contribution in [0.15, 0.2) is 24.8 Å². The van der Waals surface area contributed by atoms with Crippen molar-refractivity contribution in [2.45, 2.75) is 37.6 Å². The van der Waals surface area contributed by atoms with Gasteiger partial charge >= 0.3 is 0 Å². The van der Waals surface area contributed by atoms with E-state index in [4.69, 9.17) is 0 Å². The third-order valence-electron chi connectivity index (χ3n) is 4.45. The molecule has 1 amide bonds. The average Bonchev–Trinajstić information content (AvgIpc) is 3.03. The smallest absolute Gasteiger partial charge is 0.222 e. The van der Waals surface area contributed by atoms with Crippen molar-refractivity contribution in [3.63, 3.8) is 0 Å². The molecule has 4 rings (SSSR count). The molecule has 0 bridgehead atoms. The topological polar surface area (TPSA) is 50.5 Å². The maximum absolute atomic E-state index is 11.9. The summed E-state index contributed by atoms with van der Waals surface area (Å²) in [7, 11) is 0. The Bertz CT molecular complexity index is 635. The lowest BCUT2D eigenvalue weighted by molar-refractivity contribution is -0.130. The van der Waals surface area contributed by atoms with Crippen LogP contribution in [0.1, 0.15) is 37.4 Å². The summed E-state index contributed by atoms with van der Waals surface area (Å²) in [6.45, 7) is 0.824. The van der Waals surface area contributed by atoms with Gasteiger partial charge in [0.1, 0.15) is 5.82 Å².